The van der Waals surface area contributed by atoms with Crippen molar-refractivity contribution in [2.75, 3.05) is 36.4 Å². The minimum atomic E-state index is -0.165. The van der Waals surface area contributed by atoms with Gasteiger partial charge in [-0.1, -0.05) is 24.3 Å². The fourth-order valence-electron chi connectivity index (χ4n) is 2.78. The van der Waals surface area contributed by atoms with Gasteiger partial charge in [0.1, 0.15) is 5.82 Å². The summed E-state index contributed by atoms with van der Waals surface area (Å²) in [6.45, 7) is 5.15. The molecular weight excluding hydrogens is 309 g/mol. The van der Waals surface area contributed by atoms with Gasteiger partial charge >= 0.3 is 0 Å². The normalized spacial score (nSPS) is 14.7. The molecule has 3 nitrogen and oxygen atoms in total. The van der Waals surface area contributed by atoms with Crippen molar-refractivity contribution in [3.05, 3.63) is 59.9 Å². The Bertz CT molecular complexity index is 696. The van der Waals surface area contributed by atoms with Crippen LogP contribution >= 0.6 is 12.2 Å². The largest absolute Gasteiger partial charge is 0.366 e. The predicted molar refractivity (Wildman–Crippen MR) is 97.6 cm³/mol. The molecule has 1 heterocycles. The van der Waals surface area contributed by atoms with Crippen LogP contribution in [0.2, 0.25) is 0 Å². The molecule has 2 aromatic rings. The quantitative estimate of drug-likeness (QED) is 0.847. The van der Waals surface area contributed by atoms with E-state index in [1.165, 1.54) is 11.6 Å². The zero-order chi connectivity index (χ0) is 16.2. The first-order valence-corrected chi connectivity index (χ1v) is 8.16. The van der Waals surface area contributed by atoms with Gasteiger partial charge in [0.05, 0.1) is 5.69 Å². The van der Waals surface area contributed by atoms with E-state index >= 15 is 0 Å². The van der Waals surface area contributed by atoms with E-state index in [-0.39, 0.29) is 5.82 Å². The zero-order valence-electron chi connectivity index (χ0n) is 13.1. The number of para-hydroxylation sites is 1. The number of halogens is 1. The molecule has 0 saturated carbocycles. The first kappa shape index (κ1) is 15.7. The van der Waals surface area contributed by atoms with Gasteiger partial charge in [-0.2, -0.15) is 0 Å². The van der Waals surface area contributed by atoms with Crippen molar-refractivity contribution in [2.24, 2.45) is 0 Å². The Labute approximate surface area is 141 Å². The summed E-state index contributed by atoms with van der Waals surface area (Å²) >= 11 is 5.50. The smallest absolute Gasteiger partial charge is 0.173 e. The van der Waals surface area contributed by atoms with E-state index in [4.69, 9.17) is 12.2 Å². The molecule has 120 valence electrons. The topological polar surface area (TPSA) is 18.5 Å². The van der Waals surface area contributed by atoms with Gasteiger partial charge in [0, 0.05) is 31.9 Å². The molecule has 5 heteroatoms. The molecule has 1 fully saturated rings. The predicted octanol–water partition coefficient (Wildman–Crippen LogP) is 3.65. The number of hydrogen-bond donors (Lipinski definition) is 1. The van der Waals surface area contributed by atoms with Crippen LogP contribution in [0, 0.1) is 12.7 Å². The second kappa shape index (κ2) is 6.96. The summed E-state index contributed by atoms with van der Waals surface area (Å²) in [6, 6.07) is 15.1. The highest BCUT2D eigenvalue weighted by Gasteiger charge is 2.20. The number of rotatable bonds is 2. The molecule has 0 radical (unpaired) electrons. The van der Waals surface area contributed by atoms with Crippen LogP contribution in [0.3, 0.4) is 0 Å². The van der Waals surface area contributed by atoms with Crippen molar-refractivity contribution in [3.8, 4) is 0 Å². The van der Waals surface area contributed by atoms with Crippen LogP contribution in [0.1, 0.15) is 5.56 Å². The fraction of sp³-hybridized carbons (Fsp3) is 0.278. The van der Waals surface area contributed by atoms with E-state index in [9.17, 15) is 4.39 Å². The van der Waals surface area contributed by atoms with E-state index in [1.807, 2.05) is 24.3 Å². The van der Waals surface area contributed by atoms with Crippen molar-refractivity contribution >= 4 is 28.7 Å². The number of piperazine rings is 1. The summed E-state index contributed by atoms with van der Waals surface area (Å²) in [5.74, 6) is -0.165. The molecule has 0 aliphatic carbocycles. The van der Waals surface area contributed by atoms with Crippen LogP contribution < -0.4 is 10.2 Å². The number of nitrogens with one attached hydrogen (secondary N) is 1. The molecule has 0 aromatic heterocycles. The molecule has 3 rings (SSSR count). The molecule has 0 atom stereocenters. The van der Waals surface area contributed by atoms with Gasteiger partial charge in [-0.25, -0.2) is 4.39 Å². The highest BCUT2D eigenvalue weighted by molar-refractivity contribution is 7.80. The molecule has 0 spiro atoms. The molecule has 1 saturated heterocycles. The molecule has 2 aromatic carbocycles. The molecule has 1 aliphatic heterocycles. The fourth-order valence-corrected chi connectivity index (χ4v) is 3.08. The molecule has 0 unspecified atom stereocenters. The Morgan fingerprint density at radius 2 is 1.78 bits per heavy atom. The Hall–Kier alpha value is -2.14. The SMILES string of the molecule is Cc1cccc(NC(=S)N2CCN(c3ccccc3F)CC2)c1. The zero-order valence-corrected chi connectivity index (χ0v) is 13.9. The van der Waals surface area contributed by atoms with Gasteiger partial charge < -0.3 is 15.1 Å². The number of anilines is 2. The number of thiocarbonyl (C=S) groups is 1. The third kappa shape index (κ3) is 3.79. The van der Waals surface area contributed by atoms with Crippen molar-refractivity contribution < 1.29 is 4.39 Å². The lowest BCUT2D eigenvalue weighted by Crippen LogP contribution is -2.50. The maximum absolute atomic E-state index is 13.9. The third-order valence-corrected chi connectivity index (χ3v) is 4.39. The molecule has 0 bridgehead atoms. The van der Waals surface area contributed by atoms with Gasteiger partial charge in [-0.15, -0.1) is 0 Å². The lowest BCUT2D eigenvalue weighted by molar-refractivity contribution is 0.388. The van der Waals surface area contributed by atoms with Gasteiger partial charge in [-0.3, -0.25) is 0 Å². The first-order chi connectivity index (χ1) is 11.1. The summed E-state index contributed by atoms with van der Waals surface area (Å²) in [5, 5.41) is 4.01. The highest BCUT2D eigenvalue weighted by Crippen LogP contribution is 2.20. The van der Waals surface area contributed by atoms with Crippen molar-refractivity contribution in [1.29, 1.82) is 0 Å². The maximum Gasteiger partial charge on any atom is 0.173 e. The van der Waals surface area contributed by atoms with Crippen LogP contribution in [-0.4, -0.2) is 36.2 Å². The van der Waals surface area contributed by atoms with E-state index in [0.717, 1.165) is 37.0 Å². The van der Waals surface area contributed by atoms with E-state index < -0.39 is 0 Å². The lowest BCUT2D eigenvalue weighted by atomic mass is 10.2. The molecule has 1 aliphatic rings. The number of nitrogens with zero attached hydrogens (tertiary/aromatic N) is 2. The van der Waals surface area contributed by atoms with Crippen LogP contribution in [0.5, 0.6) is 0 Å². The molecular formula is C18H20FN3S. The summed E-state index contributed by atoms with van der Waals surface area (Å²) < 4.78 is 13.9. The van der Waals surface area contributed by atoms with Gasteiger partial charge in [0.25, 0.3) is 0 Å². The second-order valence-corrected chi connectivity index (χ2v) is 6.11. The van der Waals surface area contributed by atoms with Crippen LogP contribution in [0.25, 0.3) is 0 Å². The van der Waals surface area contributed by atoms with Gasteiger partial charge in [-0.05, 0) is 49.0 Å². The summed E-state index contributed by atoms with van der Waals surface area (Å²) in [7, 11) is 0. The van der Waals surface area contributed by atoms with Crippen LogP contribution in [0.4, 0.5) is 15.8 Å². The minimum absolute atomic E-state index is 0.165. The molecule has 23 heavy (non-hydrogen) atoms. The average molecular weight is 329 g/mol. The Kier molecular flexibility index (Phi) is 4.76. The van der Waals surface area contributed by atoms with Gasteiger partial charge in [0.15, 0.2) is 5.11 Å². The highest BCUT2D eigenvalue weighted by atomic mass is 32.1. The monoisotopic (exact) mass is 329 g/mol. The summed E-state index contributed by atoms with van der Waals surface area (Å²) in [6.07, 6.45) is 0. The van der Waals surface area contributed by atoms with Crippen molar-refractivity contribution in [2.45, 2.75) is 6.92 Å². The maximum atomic E-state index is 13.9. The number of benzene rings is 2. The minimum Gasteiger partial charge on any atom is -0.366 e. The second-order valence-electron chi connectivity index (χ2n) is 5.73. The average Bonchev–Trinajstić information content (AvgIpc) is 2.55. The molecule has 1 N–H and O–H groups in total. The summed E-state index contributed by atoms with van der Waals surface area (Å²) in [5.41, 5.74) is 2.87. The Morgan fingerprint density at radius 3 is 2.48 bits per heavy atom. The Morgan fingerprint density at radius 1 is 1.04 bits per heavy atom. The number of aryl methyl sites for hydroxylation is 1. The van der Waals surface area contributed by atoms with Crippen LogP contribution in [0.15, 0.2) is 48.5 Å². The summed E-state index contributed by atoms with van der Waals surface area (Å²) in [4.78, 5) is 4.20. The van der Waals surface area contributed by atoms with Crippen molar-refractivity contribution in [1.82, 2.24) is 4.90 Å². The van der Waals surface area contributed by atoms with E-state index in [2.05, 4.69) is 34.2 Å². The standard InChI is InChI=1S/C18H20FN3S/c1-14-5-4-6-15(13-14)20-18(23)22-11-9-21(10-12-22)17-8-3-2-7-16(17)19/h2-8,13H,9-12H2,1H3,(H,20,23). The Balaban J connectivity index is 1.58. The third-order valence-electron chi connectivity index (χ3n) is 4.03. The van der Waals surface area contributed by atoms with Crippen molar-refractivity contribution in [3.63, 3.8) is 0 Å². The van der Waals surface area contributed by atoms with Crippen LogP contribution in [-0.2, 0) is 0 Å². The molecule has 0 amide bonds. The van der Waals surface area contributed by atoms with E-state index in [1.54, 1.807) is 6.07 Å². The number of hydrogen-bond acceptors (Lipinski definition) is 2. The van der Waals surface area contributed by atoms with Gasteiger partial charge in [0.2, 0.25) is 0 Å². The first-order valence-electron chi connectivity index (χ1n) is 7.75. The lowest BCUT2D eigenvalue weighted by Gasteiger charge is -2.37. The van der Waals surface area contributed by atoms with E-state index in [0.29, 0.717) is 5.69 Å².